The van der Waals surface area contributed by atoms with Crippen LogP contribution in [0.15, 0.2) is 11.6 Å². The first-order chi connectivity index (χ1) is 7.63. The van der Waals surface area contributed by atoms with Crippen molar-refractivity contribution in [2.45, 2.75) is 52.9 Å². The first-order valence-electron chi connectivity index (χ1n) is 6.47. The minimum atomic E-state index is -0.160. The topological polar surface area (TPSA) is 26.3 Å². The van der Waals surface area contributed by atoms with Gasteiger partial charge in [-0.25, -0.2) is 4.79 Å². The number of esters is 1. The monoisotopic (exact) mass is 224 g/mol. The predicted octanol–water partition coefficient (Wildman–Crippen LogP) is 3.71. The van der Waals surface area contributed by atoms with E-state index in [1.165, 1.54) is 25.7 Å². The highest BCUT2D eigenvalue weighted by Crippen LogP contribution is 2.30. The van der Waals surface area contributed by atoms with Gasteiger partial charge >= 0.3 is 5.97 Å². The van der Waals surface area contributed by atoms with Crippen LogP contribution in [0.4, 0.5) is 0 Å². The first kappa shape index (κ1) is 13.3. The zero-order valence-electron chi connectivity index (χ0n) is 10.8. The predicted molar refractivity (Wildman–Crippen MR) is 66.1 cm³/mol. The summed E-state index contributed by atoms with van der Waals surface area (Å²) in [6.07, 6.45) is 8.41. The molecule has 0 heterocycles. The zero-order chi connectivity index (χ0) is 12.0. The van der Waals surface area contributed by atoms with Crippen molar-refractivity contribution in [2.24, 2.45) is 11.8 Å². The molecule has 0 aromatic heterocycles. The summed E-state index contributed by atoms with van der Waals surface area (Å²) in [5.41, 5.74) is 0.764. The second kappa shape index (κ2) is 6.72. The largest absolute Gasteiger partial charge is 0.463 e. The number of carbonyl (C=O) groups is 1. The Balaban J connectivity index is 2.32. The molecule has 2 nitrogen and oxygen atoms in total. The van der Waals surface area contributed by atoms with Crippen LogP contribution < -0.4 is 0 Å². The molecule has 0 atom stereocenters. The lowest BCUT2D eigenvalue weighted by Crippen LogP contribution is -2.12. The number of hydrogen-bond acceptors (Lipinski definition) is 2. The normalized spacial score (nSPS) is 26.6. The molecule has 1 aliphatic rings. The van der Waals surface area contributed by atoms with Gasteiger partial charge in [-0.3, -0.25) is 0 Å². The Labute approximate surface area is 99.1 Å². The molecule has 0 aromatic rings. The second-order valence-corrected chi connectivity index (χ2v) is 4.97. The van der Waals surface area contributed by atoms with Gasteiger partial charge in [-0.1, -0.05) is 25.8 Å². The van der Waals surface area contributed by atoms with Gasteiger partial charge in [0, 0.05) is 5.57 Å². The third-order valence-electron chi connectivity index (χ3n) is 3.49. The van der Waals surface area contributed by atoms with Crippen molar-refractivity contribution in [3.8, 4) is 0 Å². The molecule has 0 unspecified atom stereocenters. The molecule has 0 radical (unpaired) electrons. The van der Waals surface area contributed by atoms with E-state index in [1.54, 1.807) is 0 Å². The van der Waals surface area contributed by atoms with Crippen LogP contribution in [0.25, 0.3) is 0 Å². The quantitative estimate of drug-likeness (QED) is 0.537. The fourth-order valence-electron chi connectivity index (χ4n) is 2.24. The van der Waals surface area contributed by atoms with E-state index in [9.17, 15) is 4.79 Å². The average Bonchev–Trinajstić information content (AvgIpc) is 2.28. The van der Waals surface area contributed by atoms with E-state index in [1.807, 2.05) is 13.8 Å². The summed E-state index contributed by atoms with van der Waals surface area (Å²) < 4.78 is 4.95. The molecule has 16 heavy (non-hydrogen) atoms. The van der Waals surface area contributed by atoms with Gasteiger partial charge in [-0.15, -0.1) is 0 Å². The molecule has 1 saturated carbocycles. The van der Waals surface area contributed by atoms with Crippen molar-refractivity contribution in [3.63, 3.8) is 0 Å². The van der Waals surface area contributed by atoms with Gasteiger partial charge in [0.25, 0.3) is 0 Å². The van der Waals surface area contributed by atoms with E-state index in [0.717, 1.165) is 23.8 Å². The standard InChI is InChI=1S/C14H24O2/c1-4-16-14(15)12(3)7-10-13-8-5-11(2)6-9-13/h7,11,13H,4-6,8-10H2,1-3H3. The van der Waals surface area contributed by atoms with E-state index < -0.39 is 0 Å². The van der Waals surface area contributed by atoms with Crippen LogP contribution in [0.3, 0.4) is 0 Å². The number of carbonyl (C=O) groups excluding carboxylic acids is 1. The maximum Gasteiger partial charge on any atom is 0.333 e. The summed E-state index contributed by atoms with van der Waals surface area (Å²) in [5.74, 6) is 1.51. The van der Waals surface area contributed by atoms with Gasteiger partial charge in [0.2, 0.25) is 0 Å². The number of hydrogen-bond donors (Lipinski definition) is 0. The summed E-state index contributed by atoms with van der Waals surface area (Å²) in [4.78, 5) is 11.4. The molecule has 0 amide bonds. The molecular weight excluding hydrogens is 200 g/mol. The highest BCUT2D eigenvalue weighted by molar-refractivity contribution is 5.87. The minimum Gasteiger partial charge on any atom is -0.463 e. The van der Waals surface area contributed by atoms with Crippen LogP contribution in [0.2, 0.25) is 0 Å². The third kappa shape index (κ3) is 4.38. The molecule has 0 bridgehead atoms. The molecule has 0 aromatic carbocycles. The van der Waals surface area contributed by atoms with Crippen molar-refractivity contribution in [3.05, 3.63) is 11.6 Å². The van der Waals surface area contributed by atoms with Crippen LogP contribution in [-0.2, 0) is 9.53 Å². The first-order valence-corrected chi connectivity index (χ1v) is 6.47. The Morgan fingerprint density at radius 3 is 2.50 bits per heavy atom. The van der Waals surface area contributed by atoms with Gasteiger partial charge < -0.3 is 4.74 Å². The fraction of sp³-hybridized carbons (Fsp3) is 0.786. The van der Waals surface area contributed by atoms with E-state index >= 15 is 0 Å². The molecule has 0 saturated heterocycles. The molecule has 1 fully saturated rings. The Morgan fingerprint density at radius 2 is 1.94 bits per heavy atom. The van der Waals surface area contributed by atoms with E-state index in [0.29, 0.717) is 6.61 Å². The molecule has 92 valence electrons. The zero-order valence-corrected chi connectivity index (χ0v) is 10.8. The Kier molecular flexibility index (Phi) is 5.58. The van der Waals surface area contributed by atoms with Gasteiger partial charge in [0.1, 0.15) is 0 Å². The average molecular weight is 224 g/mol. The molecule has 1 rings (SSSR count). The molecule has 0 N–H and O–H groups in total. The van der Waals surface area contributed by atoms with Crippen molar-refractivity contribution in [1.29, 1.82) is 0 Å². The summed E-state index contributed by atoms with van der Waals surface area (Å²) in [6.45, 7) is 6.48. The van der Waals surface area contributed by atoms with Crippen molar-refractivity contribution >= 4 is 5.97 Å². The second-order valence-electron chi connectivity index (χ2n) is 4.97. The molecule has 0 spiro atoms. The Hall–Kier alpha value is -0.790. The maximum absolute atomic E-state index is 11.4. The minimum absolute atomic E-state index is 0.160. The molecule has 0 aliphatic heterocycles. The lowest BCUT2D eigenvalue weighted by Gasteiger charge is -2.25. The number of allylic oxidation sites excluding steroid dienone is 1. The molecule has 1 aliphatic carbocycles. The Morgan fingerprint density at radius 1 is 1.31 bits per heavy atom. The van der Waals surface area contributed by atoms with E-state index in [4.69, 9.17) is 4.74 Å². The fourth-order valence-corrected chi connectivity index (χ4v) is 2.24. The summed E-state index contributed by atoms with van der Waals surface area (Å²) in [7, 11) is 0. The third-order valence-corrected chi connectivity index (χ3v) is 3.49. The van der Waals surface area contributed by atoms with Crippen LogP contribution in [0.1, 0.15) is 52.9 Å². The van der Waals surface area contributed by atoms with Crippen LogP contribution >= 0.6 is 0 Å². The van der Waals surface area contributed by atoms with Crippen LogP contribution in [0, 0.1) is 11.8 Å². The SMILES string of the molecule is CCOC(=O)C(C)=CCC1CCC(C)CC1. The van der Waals surface area contributed by atoms with Gasteiger partial charge in [-0.2, -0.15) is 0 Å². The smallest absolute Gasteiger partial charge is 0.333 e. The lowest BCUT2D eigenvalue weighted by atomic mass is 9.81. The van der Waals surface area contributed by atoms with Crippen molar-refractivity contribution < 1.29 is 9.53 Å². The van der Waals surface area contributed by atoms with E-state index in [2.05, 4.69) is 13.0 Å². The lowest BCUT2D eigenvalue weighted by molar-refractivity contribution is -0.138. The van der Waals surface area contributed by atoms with Crippen LogP contribution in [0.5, 0.6) is 0 Å². The van der Waals surface area contributed by atoms with Crippen molar-refractivity contribution in [1.82, 2.24) is 0 Å². The molecular formula is C14H24O2. The van der Waals surface area contributed by atoms with Crippen LogP contribution in [-0.4, -0.2) is 12.6 Å². The maximum atomic E-state index is 11.4. The highest BCUT2D eigenvalue weighted by Gasteiger charge is 2.17. The molecule has 2 heteroatoms. The Bertz CT molecular complexity index is 247. The highest BCUT2D eigenvalue weighted by atomic mass is 16.5. The van der Waals surface area contributed by atoms with Gasteiger partial charge in [0.05, 0.1) is 6.61 Å². The summed E-state index contributed by atoms with van der Waals surface area (Å²) in [5, 5.41) is 0. The van der Waals surface area contributed by atoms with Gasteiger partial charge in [0.15, 0.2) is 0 Å². The summed E-state index contributed by atoms with van der Waals surface area (Å²) in [6, 6.07) is 0. The van der Waals surface area contributed by atoms with Crippen molar-refractivity contribution in [2.75, 3.05) is 6.61 Å². The van der Waals surface area contributed by atoms with E-state index in [-0.39, 0.29) is 5.97 Å². The number of ether oxygens (including phenoxy) is 1. The number of rotatable bonds is 4. The summed E-state index contributed by atoms with van der Waals surface area (Å²) >= 11 is 0. The van der Waals surface area contributed by atoms with Gasteiger partial charge in [-0.05, 0) is 44.9 Å².